The number of aryl methyl sites for hydroxylation is 1. The third kappa shape index (κ3) is 3.32. The zero-order valence-corrected chi connectivity index (χ0v) is 13.0. The third-order valence-electron chi connectivity index (χ3n) is 3.21. The molecule has 0 aliphatic heterocycles. The van der Waals surface area contributed by atoms with Gasteiger partial charge < -0.3 is 10.4 Å². The second-order valence-electron chi connectivity index (χ2n) is 4.80. The summed E-state index contributed by atoms with van der Waals surface area (Å²) in [6, 6.07) is 7.89. The first-order valence-corrected chi connectivity index (χ1v) is 7.96. The molecular formula is C15H17N5OS. The largest absolute Gasteiger partial charge is 0.390 e. The average molecular weight is 315 g/mol. The number of aliphatic hydroxyl groups excluding tert-OH is 1. The molecule has 0 saturated carbocycles. The van der Waals surface area contributed by atoms with Crippen LogP contribution in [0.4, 0.5) is 5.69 Å². The van der Waals surface area contributed by atoms with Crippen molar-refractivity contribution in [3.63, 3.8) is 0 Å². The van der Waals surface area contributed by atoms with E-state index in [4.69, 9.17) is 5.11 Å². The van der Waals surface area contributed by atoms with Crippen molar-refractivity contribution in [1.29, 1.82) is 0 Å². The highest BCUT2D eigenvalue weighted by Crippen LogP contribution is 2.15. The molecule has 0 amide bonds. The Morgan fingerprint density at radius 1 is 1.23 bits per heavy atom. The van der Waals surface area contributed by atoms with E-state index < -0.39 is 0 Å². The van der Waals surface area contributed by atoms with Gasteiger partial charge in [0.2, 0.25) is 0 Å². The number of hydrogen-bond acceptors (Lipinski definition) is 6. The van der Waals surface area contributed by atoms with Crippen molar-refractivity contribution < 1.29 is 5.11 Å². The van der Waals surface area contributed by atoms with Gasteiger partial charge in [-0.05, 0) is 30.7 Å². The fraction of sp³-hybridized carbons (Fsp3) is 0.267. The Kier molecular flexibility index (Phi) is 4.45. The summed E-state index contributed by atoms with van der Waals surface area (Å²) in [7, 11) is 0. The maximum Gasteiger partial charge on any atom is 0.109 e. The lowest BCUT2D eigenvalue weighted by atomic mass is 10.2. The minimum atomic E-state index is -0.104. The summed E-state index contributed by atoms with van der Waals surface area (Å²) >= 11 is 1.70. The fourth-order valence-electron chi connectivity index (χ4n) is 2.01. The number of anilines is 1. The molecule has 1 aromatic carbocycles. The summed E-state index contributed by atoms with van der Waals surface area (Å²) in [5.74, 6) is 0. The van der Waals surface area contributed by atoms with Crippen LogP contribution in [-0.2, 0) is 19.6 Å². The summed E-state index contributed by atoms with van der Waals surface area (Å²) in [6.45, 7) is 2.72. The van der Waals surface area contributed by atoms with Gasteiger partial charge in [-0.15, -0.1) is 16.4 Å². The van der Waals surface area contributed by atoms with Gasteiger partial charge in [-0.25, -0.2) is 9.67 Å². The highest BCUT2D eigenvalue weighted by molar-refractivity contribution is 7.09. The summed E-state index contributed by atoms with van der Waals surface area (Å²) < 4.78 is 1.64. The smallest absolute Gasteiger partial charge is 0.109 e. The molecule has 0 aliphatic rings. The zero-order chi connectivity index (χ0) is 15.4. The lowest BCUT2D eigenvalue weighted by molar-refractivity contribution is 0.276. The number of rotatable bonds is 6. The minimum absolute atomic E-state index is 0.104. The van der Waals surface area contributed by atoms with Crippen LogP contribution in [0.2, 0.25) is 0 Å². The summed E-state index contributed by atoms with van der Waals surface area (Å²) in [6.07, 6.45) is 2.69. The number of nitrogens with one attached hydrogen (secondary N) is 1. The van der Waals surface area contributed by atoms with Crippen LogP contribution < -0.4 is 5.32 Å². The first-order valence-electron chi connectivity index (χ1n) is 7.08. The van der Waals surface area contributed by atoms with Crippen molar-refractivity contribution in [3.8, 4) is 5.69 Å². The van der Waals surface area contributed by atoms with E-state index in [9.17, 15) is 0 Å². The number of aromatic nitrogens is 4. The van der Waals surface area contributed by atoms with E-state index >= 15 is 0 Å². The highest BCUT2D eigenvalue weighted by atomic mass is 32.1. The van der Waals surface area contributed by atoms with E-state index in [1.54, 1.807) is 22.2 Å². The molecule has 2 heterocycles. The second-order valence-corrected chi connectivity index (χ2v) is 5.74. The SMILES string of the molecule is CCc1nc(CNc2ccc(-n3cc(CO)nn3)cc2)cs1. The van der Waals surface area contributed by atoms with Crippen molar-refractivity contribution in [2.45, 2.75) is 26.5 Å². The van der Waals surface area contributed by atoms with Gasteiger partial charge in [0.15, 0.2) is 0 Å². The van der Waals surface area contributed by atoms with Crippen LogP contribution in [-0.4, -0.2) is 25.1 Å². The Morgan fingerprint density at radius 3 is 2.68 bits per heavy atom. The number of aliphatic hydroxyl groups is 1. The predicted octanol–water partition coefficient (Wildman–Crippen LogP) is 2.39. The lowest BCUT2D eigenvalue weighted by Gasteiger charge is -2.06. The summed E-state index contributed by atoms with van der Waals surface area (Å²) in [4.78, 5) is 4.53. The summed E-state index contributed by atoms with van der Waals surface area (Å²) in [5.41, 5.74) is 3.55. The van der Waals surface area contributed by atoms with Crippen LogP contribution in [0.1, 0.15) is 23.3 Å². The number of thiazole rings is 1. The van der Waals surface area contributed by atoms with Crippen molar-refractivity contribution in [1.82, 2.24) is 20.0 Å². The van der Waals surface area contributed by atoms with Gasteiger partial charge in [0.1, 0.15) is 5.69 Å². The maximum absolute atomic E-state index is 9.01. The van der Waals surface area contributed by atoms with Gasteiger partial charge in [-0.2, -0.15) is 0 Å². The van der Waals surface area contributed by atoms with E-state index in [-0.39, 0.29) is 6.61 Å². The third-order valence-corrected chi connectivity index (χ3v) is 4.25. The van der Waals surface area contributed by atoms with Gasteiger partial charge in [0.25, 0.3) is 0 Å². The van der Waals surface area contributed by atoms with E-state index in [1.807, 2.05) is 24.3 Å². The van der Waals surface area contributed by atoms with Crippen molar-refractivity contribution in [3.05, 3.63) is 52.2 Å². The molecule has 114 valence electrons. The van der Waals surface area contributed by atoms with Gasteiger partial charge in [-0.1, -0.05) is 12.1 Å². The molecule has 22 heavy (non-hydrogen) atoms. The highest BCUT2D eigenvalue weighted by Gasteiger charge is 2.03. The first-order chi connectivity index (χ1) is 10.8. The lowest BCUT2D eigenvalue weighted by Crippen LogP contribution is -2.01. The van der Waals surface area contributed by atoms with Crippen molar-refractivity contribution >= 4 is 17.0 Å². The molecule has 0 aliphatic carbocycles. The molecule has 0 bridgehead atoms. The van der Waals surface area contributed by atoms with Crippen LogP contribution in [0.3, 0.4) is 0 Å². The molecule has 0 spiro atoms. The van der Waals surface area contributed by atoms with Gasteiger partial charge in [-0.3, -0.25) is 0 Å². The molecular weight excluding hydrogens is 298 g/mol. The monoisotopic (exact) mass is 315 g/mol. The molecule has 2 aromatic heterocycles. The van der Waals surface area contributed by atoms with E-state index in [2.05, 4.69) is 32.9 Å². The molecule has 0 fully saturated rings. The molecule has 2 N–H and O–H groups in total. The van der Waals surface area contributed by atoms with Crippen LogP contribution >= 0.6 is 11.3 Å². The quantitative estimate of drug-likeness (QED) is 0.730. The minimum Gasteiger partial charge on any atom is -0.390 e. The van der Waals surface area contributed by atoms with Crippen molar-refractivity contribution in [2.75, 3.05) is 5.32 Å². The maximum atomic E-state index is 9.01. The summed E-state index contributed by atoms with van der Waals surface area (Å²) in [5, 5.41) is 23.4. The Morgan fingerprint density at radius 2 is 2.05 bits per heavy atom. The van der Waals surface area contributed by atoms with Gasteiger partial charge in [0.05, 0.1) is 35.7 Å². The molecule has 7 heteroatoms. The Labute approximate surface area is 132 Å². The molecule has 3 rings (SSSR count). The first kappa shape index (κ1) is 14.7. The zero-order valence-electron chi connectivity index (χ0n) is 12.2. The number of nitrogens with zero attached hydrogens (tertiary/aromatic N) is 4. The van der Waals surface area contributed by atoms with Gasteiger partial charge in [0, 0.05) is 11.1 Å². The number of hydrogen-bond donors (Lipinski definition) is 2. The topological polar surface area (TPSA) is 75.9 Å². The molecule has 0 radical (unpaired) electrons. The van der Waals surface area contributed by atoms with Crippen LogP contribution in [0.25, 0.3) is 5.69 Å². The Hall–Kier alpha value is -2.25. The fourth-order valence-corrected chi connectivity index (χ4v) is 2.76. The van der Waals surface area contributed by atoms with E-state index in [0.717, 1.165) is 28.5 Å². The molecule has 0 unspecified atom stereocenters. The molecule has 0 atom stereocenters. The van der Waals surface area contributed by atoms with Crippen LogP contribution in [0.15, 0.2) is 35.8 Å². The number of benzene rings is 1. The molecule has 0 saturated heterocycles. The molecule has 3 aromatic rings. The Balaban J connectivity index is 1.63. The van der Waals surface area contributed by atoms with Crippen LogP contribution in [0, 0.1) is 0 Å². The normalized spacial score (nSPS) is 10.8. The van der Waals surface area contributed by atoms with Gasteiger partial charge >= 0.3 is 0 Å². The Bertz CT molecular complexity index is 734. The van der Waals surface area contributed by atoms with E-state index in [0.29, 0.717) is 12.2 Å². The van der Waals surface area contributed by atoms with E-state index in [1.165, 1.54) is 0 Å². The molecule has 6 nitrogen and oxygen atoms in total. The van der Waals surface area contributed by atoms with Crippen LogP contribution in [0.5, 0.6) is 0 Å². The second kappa shape index (κ2) is 6.67. The average Bonchev–Trinajstić information content (AvgIpc) is 3.22. The standard InChI is InChI=1S/C15H17N5OS/c1-2-15-17-12(10-22-15)7-16-11-3-5-14(6-4-11)20-8-13(9-21)18-19-20/h3-6,8,10,16,21H,2,7,9H2,1H3. The predicted molar refractivity (Wildman–Crippen MR) is 86.1 cm³/mol. The van der Waals surface area contributed by atoms with Crippen molar-refractivity contribution in [2.24, 2.45) is 0 Å².